The van der Waals surface area contributed by atoms with Gasteiger partial charge in [0.1, 0.15) is 12.1 Å². The summed E-state index contributed by atoms with van der Waals surface area (Å²) >= 11 is 0. The minimum Gasteiger partial charge on any atom is -0.481 e. The van der Waals surface area contributed by atoms with Crippen molar-refractivity contribution in [2.24, 2.45) is 5.92 Å². The molecule has 2 aromatic heterocycles. The van der Waals surface area contributed by atoms with Crippen molar-refractivity contribution in [3.05, 3.63) is 49.1 Å². The topological polar surface area (TPSA) is 79.2 Å². The highest BCUT2D eigenvalue weighted by atomic mass is 16.4. The Morgan fingerprint density at radius 3 is 2.52 bits per heavy atom. The van der Waals surface area contributed by atoms with E-state index in [4.69, 9.17) is 10.1 Å². The first-order chi connectivity index (χ1) is 12.2. The number of aliphatic carboxylic acids is 1. The number of fused-ring (bicyclic) bond motifs is 1. The minimum atomic E-state index is -0.691. The molecule has 6 heteroatoms. The van der Waals surface area contributed by atoms with Crippen LogP contribution in [0.4, 0.5) is 5.82 Å². The summed E-state index contributed by atoms with van der Waals surface area (Å²) in [4.78, 5) is 26.1. The highest BCUT2D eigenvalue weighted by Crippen LogP contribution is 2.27. The van der Waals surface area contributed by atoms with Crippen LogP contribution in [-0.4, -0.2) is 39.1 Å². The van der Waals surface area contributed by atoms with Gasteiger partial charge in [-0.15, -0.1) is 0 Å². The molecule has 1 aliphatic rings. The van der Waals surface area contributed by atoms with Gasteiger partial charge in [0, 0.05) is 36.4 Å². The average molecular weight is 334 g/mol. The summed E-state index contributed by atoms with van der Waals surface area (Å²) in [7, 11) is 0. The Kier molecular flexibility index (Phi) is 4.01. The van der Waals surface area contributed by atoms with E-state index in [0.717, 1.165) is 40.9 Å². The van der Waals surface area contributed by atoms with Crippen molar-refractivity contribution in [2.75, 3.05) is 18.0 Å². The van der Waals surface area contributed by atoms with Gasteiger partial charge in [-0.1, -0.05) is 6.07 Å². The molecule has 0 aliphatic carbocycles. The minimum absolute atomic E-state index is 0.229. The van der Waals surface area contributed by atoms with Gasteiger partial charge in [-0.05, 0) is 42.7 Å². The number of carboxylic acid groups (broad SMARTS) is 1. The molecule has 3 heterocycles. The van der Waals surface area contributed by atoms with E-state index in [-0.39, 0.29) is 5.92 Å². The lowest BCUT2D eigenvalue weighted by atomic mass is 9.97. The maximum Gasteiger partial charge on any atom is 0.306 e. The van der Waals surface area contributed by atoms with E-state index in [1.165, 1.54) is 6.33 Å². The first kappa shape index (κ1) is 15.5. The van der Waals surface area contributed by atoms with E-state index in [1.807, 2.05) is 18.2 Å². The van der Waals surface area contributed by atoms with Crippen LogP contribution in [0.15, 0.2) is 49.1 Å². The molecule has 25 heavy (non-hydrogen) atoms. The quantitative estimate of drug-likeness (QED) is 0.793. The fraction of sp³-hybridized carbons (Fsp3) is 0.263. The predicted octanol–water partition coefficient (Wildman–Crippen LogP) is 2.99. The number of carbonyl (C=O) groups is 1. The van der Waals surface area contributed by atoms with Crippen LogP contribution in [0.3, 0.4) is 0 Å². The second-order valence-electron chi connectivity index (χ2n) is 6.30. The normalized spacial score (nSPS) is 15.4. The number of benzene rings is 1. The van der Waals surface area contributed by atoms with Crippen LogP contribution >= 0.6 is 0 Å². The third kappa shape index (κ3) is 3.15. The average Bonchev–Trinajstić information content (AvgIpc) is 2.68. The second-order valence-corrected chi connectivity index (χ2v) is 6.30. The summed E-state index contributed by atoms with van der Waals surface area (Å²) in [6, 6.07) is 10.2. The van der Waals surface area contributed by atoms with Crippen LogP contribution in [0, 0.1) is 5.92 Å². The Morgan fingerprint density at radius 1 is 1.04 bits per heavy atom. The highest BCUT2D eigenvalue weighted by Gasteiger charge is 2.25. The third-order valence-corrected chi connectivity index (χ3v) is 4.74. The largest absolute Gasteiger partial charge is 0.481 e. The molecule has 1 fully saturated rings. The summed E-state index contributed by atoms with van der Waals surface area (Å²) in [6.45, 7) is 1.46. The third-order valence-electron chi connectivity index (χ3n) is 4.74. The Balaban J connectivity index is 1.58. The van der Waals surface area contributed by atoms with Crippen LogP contribution in [0.2, 0.25) is 0 Å². The Hall–Kier alpha value is -3.02. The summed E-state index contributed by atoms with van der Waals surface area (Å²) in [5.41, 5.74) is 2.97. The van der Waals surface area contributed by atoms with Gasteiger partial charge >= 0.3 is 5.97 Å². The van der Waals surface area contributed by atoms with E-state index < -0.39 is 5.97 Å². The van der Waals surface area contributed by atoms with Crippen molar-refractivity contribution in [3.63, 3.8) is 0 Å². The second kappa shape index (κ2) is 6.47. The number of carboxylic acids is 1. The summed E-state index contributed by atoms with van der Waals surface area (Å²) in [6.07, 6.45) is 6.45. The first-order valence-electron chi connectivity index (χ1n) is 8.35. The zero-order valence-corrected chi connectivity index (χ0v) is 13.7. The van der Waals surface area contributed by atoms with Crippen LogP contribution in [0.25, 0.3) is 22.0 Å². The number of pyridine rings is 1. The number of hydrogen-bond acceptors (Lipinski definition) is 5. The lowest BCUT2D eigenvalue weighted by Gasteiger charge is -2.31. The Morgan fingerprint density at radius 2 is 1.80 bits per heavy atom. The smallest absolute Gasteiger partial charge is 0.306 e. The molecule has 4 rings (SSSR count). The van der Waals surface area contributed by atoms with Crippen molar-refractivity contribution in [2.45, 2.75) is 12.8 Å². The first-order valence-corrected chi connectivity index (χ1v) is 8.35. The van der Waals surface area contributed by atoms with Crippen LogP contribution in [-0.2, 0) is 4.79 Å². The maximum atomic E-state index is 11.1. The highest BCUT2D eigenvalue weighted by molar-refractivity contribution is 5.85. The molecule has 0 spiro atoms. The molecule has 0 radical (unpaired) electrons. The fourth-order valence-electron chi connectivity index (χ4n) is 3.27. The molecule has 0 atom stereocenters. The molecular formula is C19H18N4O2. The van der Waals surface area contributed by atoms with Gasteiger partial charge < -0.3 is 10.0 Å². The van der Waals surface area contributed by atoms with Crippen molar-refractivity contribution >= 4 is 22.7 Å². The molecule has 126 valence electrons. The molecule has 0 saturated carbocycles. The van der Waals surface area contributed by atoms with E-state index in [2.05, 4.69) is 27.0 Å². The van der Waals surface area contributed by atoms with E-state index in [9.17, 15) is 4.79 Å². The summed E-state index contributed by atoms with van der Waals surface area (Å²) < 4.78 is 0. The molecule has 6 nitrogen and oxygen atoms in total. The van der Waals surface area contributed by atoms with Crippen molar-refractivity contribution in [1.82, 2.24) is 15.0 Å². The number of nitrogens with zero attached hydrogens (tertiary/aromatic N) is 4. The lowest BCUT2D eigenvalue weighted by Crippen LogP contribution is -2.36. The molecule has 0 bridgehead atoms. The van der Waals surface area contributed by atoms with Crippen molar-refractivity contribution in [3.8, 4) is 11.1 Å². The standard InChI is InChI=1S/C19H18N4O2/c24-19(25)13-5-7-23(8-6-13)18-4-2-15-9-14(1-3-17(15)22-18)16-10-20-12-21-11-16/h1-4,9-13H,5-8H2,(H,24,25). The number of rotatable bonds is 3. The predicted molar refractivity (Wildman–Crippen MR) is 95.3 cm³/mol. The van der Waals surface area contributed by atoms with E-state index in [0.29, 0.717) is 12.8 Å². The molecule has 1 N–H and O–H groups in total. The maximum absolute atomic E-state index is 11.1. The molecule has 1 saturated heterocycles. The molecule has 0 unspecified atom stereocenters. The molecule has 3 aromatic rings. The molecule has 1 aromatic carbocycles. The summed E-state index contributed by atoms with van der Waals surface area (Å²) in [5, 5.41) is 10.2. The van der Waals surface area contributed by atoms with Crippen LogP contribution in [0.5, 0.6) is 0 Å². The van der Waals surface area contributed by atoms with Crippen LogP contribution in [0.1, 0.15) is 12.8 Å². The zero-order valence-electron chi connectivity index (χ0n) is 13.7. The van der Waals surface area contributed by atoms with Gasteiger partial charge in [-0.2, -0.15) is 0 Å². The fourth-order valence-corrected chi connectivity index (χ4v) is 3.27. The molecule has 1 aliphatic heterocycles. The molecule has 0 amide bonds. The monoisotopic (exact) mass is 334 g/mol. The van der Waals surface area contributed by atoms with Gasteiger partial charge in [-0.25, -0.2) is 15.0 Å². The van der Waals surface area contributed by atoms with E-state index >= 15 is 0 Å². The van der Waals surface area contributed by atoms with Crippen molar-refractivity contribution < 1.29 is 9.90 Å². The van der Waals surface area contributed by atoms with Crippen molar-refractivity contribution in [1.29, 1.82) is 0 Å². The van der Waals surface area contributed by atoms with E-state index in [1.54, 1.807) is 12.4 Å². The number of anilines is 1. The Labute approximate surface area is 145 Å². The van der Waals surface area contributed by atoms with Gasteiger partial charge in [0.2, 0.25) is 0 Å². The van der Waals surface area contributed by atoms with Gasteiger partial charge in [0.15, 0.2) is 0 Å². The number of hydrogen-bond donors (Lipinski definition) is 1. The lowest BCUT2D eigenvalue weighted by molar-refractivity contribution is -0.142. The number of aromatic nitrogens is 3. The SMILES string of the molecule is O=C(O)C1CCN(c2ccc3cc(-c4cncnc4)ccc3n2)CC1. The molecular weight excluding hydrogens is 316 g/mol. The van der Waals surface area contributed by atoms with Crippen LogP contribution < -0.4 is 4.90 Å². The number of piperidine rings is 1. The van der Waals surface area contributed by atoms with Gasteiger partial charge in [-0.3, -0.25) is 4.79 Å². The van der Waals surface area contributed by atoms with Gasteiger partial charge in [0.25, 0.3) is 0 Å². The van der Waals surface area contributed by atoms with Gasteiger partial charge in [0.05, 0.1) is 11.4 Å². The zero-order chi connectivity index (χ0) is 17.2. The summed E-state index contributed by atoms with van der Waals surface area (Å²) in [5.74, 6) is -0.0111. The Bertz CT molecular complexity index is 906.